The molecule has 0 aromatic heterocycles. The Morgan fingerprint density at radius 1 is 1.07 bits per heavy atom. The molecule has 0 fully saturated rings. The molecular formula is C18H27N3O6S. The predicted octanol–water partition coefficient (Wildman–Crippen LogP) is 0.561. The molecule has 0 bridgehead atoms. The molecule has 3 N–H and O–H groups in total. The molecule has 1 aromatic rings. The molecule has 156 valence electrons. The van der Waals surface area contributed by atoms with E-state index in [4.69, 9.17) is 4.74 Å². The molecule has 0 aliphatic heterocycles. The van der Waals surface area contributed by atoms with Crippen LogP contribution in [0.1, 0.15) is 44.5 Å². The summed E-state index contributed by atoms with van der Waals surface area (Å²) in [6.07, 6.45) is 0.643. The molecule has 28 heavy (non-hydrogen) atoms. The lowest BCUT2D eigenvalue weighted by Gasteiger charge is -2.13. The van der Waals surface area contributed by atoms with Gasteiger partial charge in [0.25, 0.3) is 5.91 Å². The van der Waals surface area contributed by atoms with Gasteiger partial charge in [-0.25, -0.2) is 17.9 Å². The second-order valence-electron chi connectivity index (χ2n) is 6.21. The summed E-state index contributed by atoms with van der Waals surface area (Å²) in [6, 6.07) is 4.23. The zero-order valence-electron chi connectivity index (χ0n) is 16.4. The van der Waals surface area contributed by atoms with Crippen LogP contribution in [0.5, 0.6) is 0 Å². The zero-order valence-corrected chi connectivity index (χ0v) is 17.3. The highest BCUT2D eigenvalue weighted by atomic mass is 32.2. The molecule has 0 radical (unpaired) electrons. The largest absolute Gasteiger partial charge is 0.452 e. The number of hydrogen-bond acceptors (Lipinski definition) is 6. The average molecular weight is 413 g/mol. The number of benzene rings is 1. The average Bonchev–Trinajstić information content (AvgIpc) is 2.65. The summed E-state index contributed by atoms with van der Waals surface area (Å²) in [7, 11) is -3.67. The number of hydrogen-bond donors (Lipinski definition) is 3. The van der Waals surface area contributed by atoms with E-state index < -0.39 is 34.5 Å². The van der Waals surface area contributed by atoms with Crippen LogP contribution in [0.4, 0.5) is 0 Å². The van der Waals surface area contributed by atoms with Crippen LogP contribution >= 0.6 is 0 Å². The number of likely N-dealkylation sites (N-methyl/N-ethyl adjacent to an activating group) is 1. The van der Waals surface area contributed by atoms with Crippen molar-refractivity contribution in [2.45, 2.75) is 51.1 Å². The van der Waals surface area contributed by atoms with Crippen molar-refractivity contribution in [2.24, 2.45) is 0 Å². The van der Waals surface area contributed by atoms with Crippen molar-refractivity contribution in [3.8, 4) is 0 Å². The molecule has 0 heterocycles. The highest BCUT2D eigenvalue weighted by Gasteiger charge is 2.19. The van der Waals surface area contributed by atoms with Gasteiger partial charge in [-0.1, -0.05) is 6.92 Å². The second-order valence-corrected chi connectivity index (χ2v) is 7.93. The Bertz CT molecular complexity index is 792. The molecule has 1 rings (SSSR count). The highest BCUT2D eigenvalue weighted by molar-refractivity contribution is 7.89. The van der Waals surface area contributed by atoms with Crippen LogP contribution in [-0.2, 0) is 24.3 Å². The molecule has 0 saturated carbocycles. The topological polar surface area (TPSA) is 131 Å². The number of carbonyl (C=O) groups is 3. The summed E-state index contributed by atoms with van der Waals surface area (Å²) in [4.78, 5) is 35.3. The van der Waals surface area contributed by atoms with Crippen LogP contribution in [-0.4, -0.2) is 51.4 Å². The molecule has 1 aromatic carbocycles. The summed E-state index contributed by atoms with van der Waals surface area (Å²) >= 11 is 0. The minimum absolute atomic E-state index is 0.0258. The van der Waals surface area contributed by atoms with Gasteiger partial charge in [0.2, 0.25) is 15.9 Å². The Morgan fingerprint density at radius 2 is 1.68 bits per heavy atom. The second kappa shape index (κ2) is 10.8. The van der Waals surface area contributed by atoms with E-state index in [-0.39, 0.29) is 22.4 Å². The molecule has 0 saturated heterocycles. The van der Waals surface area contributed by atoms with Crippen LogP contribution in [0, 0.1) is 0 Å². The lowest BCUT2D eigenvalue weighted by molar-refractivity contribution is -0.130. The predicted molar refractivity (Wildman–Crippen MR) is 103 cm³/mol. The maximum absolute atomic E-state index is 12.2. The first-order valence-electron chi connectivity index (χ1n) is 8.97. The fraction of sp³-hybridized carbons (Fsp3) is 0.500. The maximum Gasteiger partial charge on any atom is 0.338 e. The summed E-state index contributed by atoms with van der Waals surface area (Å²) in [5.41, 5.74) is 0.104. The number of esters is 1. The normalized spacial score (nSPS) is 13.3. The number of carbonyl (C=O) groups excluding carboxylic acids is 3. The molecule has 0 aliphatic carbocycles. The Labute approximate surface area is 165 Å². The van der Waals surface area contributed by atoms with E-state index in [0.717, 1.165) is 0 Å². The first-order chi connectivity index (χ1) is 13.1. The van der Waals surface area contributed by atoms with Crippen LogP contribution in [0.2, 0.25) is 0 Å². The third-order valence-corrected chi connectivity index (χ3v) is 5.43. The van der Waals surface area contributed by atoms with Crippen LogP contribution < -0.4 is 15.4 Å². The summed E-state index contributed by atoms with van der Waals surface area (Å²) in [5.74, 6) is -1.74. The van der Waals surface area contributed by atoms with Gasteiger partial charge in [0, 0.05) is 12.6 Å². The zero-order chi connectivity index (χ0) is 21.3. The first kappa shape index (κ1) is 23.6. The summed E-state index contributed by atoms with van der Waals surface area (Å²) in [5, 5.41) is 4.97. The monoisotopic (exact) mass is 413 g/mol. The van der Waals surface area contributed by atoms with Gasteiger partial charge in [-0.15, -0.1) is 0 Å². The van der Waals surface area contributed by atoms with Crippen molar-refractivity contribution in [3.05, 3.63) is 29.8 Å². The Kier molecular flexibility index (Phi) is 9.07. The van der Waals surface area contributed by atoms with Gasteiger partial charge in [-0.05, 0) is 51.5 Å². The van der Waals surface area contributed by atoms with Gasteiger partial charge in [-0.3, -0.25) is 9.59 Å². The van der Waals surface area contributed by atoms with Crippen molar-refractivity contribution in [2.75, 3.05) is 13.2 Å². The molecule has 2 amide bonds. The fourth-order valence-corrected chi connectivity index (χ4v) is 3.40. The standard InChI is InChI=1S/C18H27N3O6S/c1-5-12(3)21-28(25,26)15-9-7-14(8-10-15)18(24)27-11-16(22)20-13(4)17(23)19-6-2/h7-10,12-13,21H,5-6,11H2,1-4H3,(H,19,23)(H,20,22)/t12-,13-/m0/s1. The summed E-state index contributed by atoms with van der Waals surface area (Å²) in [6.45, 7) is 6.76. The first-order valence-corrected chi connectivity index (χ1v) is 10.5. The van der Waals surface area contributed by atoms with Crippen molar-refractivity contribution >= 4 is 27.8 Å². The van der Waals surface area contributed by atoms with Crippen molar-refractivity contribution in [1.29, 1.82) is 0 Å². The third-order valence-electron chi connectivity index (χ3n) is 3.83. The quantitative estimate of drug-likeness (QED) is 0.481. The molecular weight excluding hydrogens is 386 g/mol. The van der Waals surface area contributed by atoms with Gasteiger partial charge in [0.1, 0.15) is 6.04 Å². The SMILES string of the molecule is CCNC(=O)[C@H](C)NC(=O)COC(=O)c1ccc(S(=O)(=O)N[C@@H](C)CC)cc1. The lowest BCUT2D eigenvalue weighted by Crippen LogP contribution is -2.46. The van der Waals surface area contributed by atoms with Crippen molar-refractivity contribution in [3.63, 3.8) is 0 Å². The Morgan fingerprint density at radius 3 is 2.21 bits per heavy atom. The van der Waals surface area contributed by atoms with E-state index in [9.17, 15) is 22.8 Å². The fourth-order valence-electron chi connectivity index (χ4n) is 2.08. The number of ether oxygens (including phenoxy) is 1. The van der Waals surface area contributed by atoms with Crippen molar-refractivity contribution in [1.82, 2.24) is 15.4 Å². The number of rotatable bonds is 10. The molecule has 0 unspecified atom stereocenters. The van der Waals surface area contributed by atoms with Gasteiger partial charge >= 0.3 is 5.97 Å². The van der Waals surface area contributed by atoms with E-state index in [1.54, 1.807) is 13.8 Å². The number of nitrogens with one attached hydrogen (secondary N) is 3. The van der Waals surface area contributed by atoms with Gasteiger partial charge < -0.3 is 15.4 Å². The smallest absolute Gasteiger partial charge is 0.338 e. The van der Waals surface area contributed by atoms with E-state index in [2.05, 4.69) is 15.4 Å². The Balaban J connectivity index is 2.62. The maximum atomic E-state index is 12.2. The molecule has 0 spiro atoms. The van der Waals surface area contributed by atoms with Crippen LogP contribution in [0.15, 0.2) is 29.2 Å². The minimum Gasteiger partial charge on any atom is -0.452 e. The molecule has 10 heteroatoms. The lowest BCUT2D eigenvalue weighted by atomic mass is 10.2. The van der Waals surface area contributed by atoms with Gasteiger partial charge in [0.05, 0.1) is 10.5 Å². The van der Waals surface area contributed by atoms with E-state index in [1.165, 1.54) is 31.2 Å². The third kappa shape index (κ3) is 7.28. The highest BCUT2D eigenvalue weighted by Crippen LogP contribution is 2.12. The number of sulfonamides is 1. The molecule has 9 nitrogen and oxygen atoms in total. The van der Waals surface area contributed by atoms with Crippen LogP contribution in [0.25, 0.3) is 0 Å². The van der Waals surface area contributed by atoms with E-state index in [0.29, 0.717) is 13.0 Å². The van der Waals surface area contributed by atoms with Crippen LogP contribution in [0.3, 0.4) is 0 Å². The van der Waals surface area contributed by atoms with Gasteiger partial charge in [0.15, 0.2) is 6.61 Å². The Hall–Kier alpha value is -2.46. The summed E-state index contributed by atoms with van der Waals surface area (Å²) < 4.78 is 31.8. The molecule has 0 aliphatic rings. The van der Waals surface area contributed by atoms with E-state index in [1.807, 2.05) is 6.92 Å². The number of amides is 2. The van der Waals surface area contributed by atoms with E-state index >= 15 is 0 Å². The van der Waals surface area contributed by atoms with Crippen molar-refractivity contribution < 1.29 is 27.5 Å². The minimum atomic E-state index is -3.67. The molecule has 2 atom stereocenters. The van der Waals surface area contributed by atoms with Gasteiger partial charge in [-0.2, -0.15) is 0 Å².